The van der Waals surface area contributed by atoms with E-state index in [1.165, 1.54) is 34.7 Å². The van der Waals surface area contributed by atoms with Crippen LogP contribution in [0, 0.1) is 0 Å². The molecule has 2 heterocycles. The Hall–Kier alpha value is -2.79. The maximum atomic E-state index is 12.6. The van der Waals surface area contributed by atoms with Crippen molar-refractivity contribution in [1.29, 1.82) is 0 Å². The van der Waals surface area contributed by atoms with Crippen LogP contribution in [0.25, 0.3) is 4.96 Å². The molecule has 0 atom stereocenters. The average molecular weight is 434 g/mol. The minimum atomic E-state index is -0.535. The molecule has 0 saturated heterocycles. The lowest BCUT2D eigenvalue weighted by Crippen LogP contribution is -2.30. The van der Waals surface area contributed by atoms with Crippen molar-refractivity contribution >= 4 is 45.6 Å². The van der Waals surface area contributed by atoms with E-state index in [-0.39, 0.29) is 22.8 Å². The topological polar surface area (TPSA) is 116 Å². The molecule has 11 heteroatoms. The van der Waals surface area contributed by atoms with Gasteiger partial charge >= 0.3 is 5.97 Å². The highest BCUT2D eigenvalue weighted by Gasteiger charge is 2.23. The van der Waals surface area contributed by atoms with E-state index in [1.807, 2.05) is 20.8 Å². The molecule has 0 aliphatic rings. The molecule has 0 aliphatic carbocycles. The first-order valence-corrected chi connectivity index (χ1v) is 10.4. The van der Waals surface area contributed by atoms with Crippen LogP contribution in [-0.2, 0) is 14.9 Å². The maximum Gasteiger partial charge on any atom is 0.339 e. The fraction of sp³-hybridized carbons (Fsp3) is 0.333. The number of para-hydroxylation sites is 1. The van der Waals surface area contributed by atoms with E-state index < -0.39 is 11.4 Å². The minimum absolute atomic E-state index is 0.0453. The number of nitrogens with one attached hydrogen (secondary N) is 1. The Morgan fingerprint density at radius 3 is 2.66 bits per heavy atom. The third-order valence-corrected chi connectivity index (χ3v) is 5.85. The number of carbonyl (C=O) groups is 2. The molecule has 0 radical (unpaired) electrons. The van der Waals surface area contributed by atoms with Crippen LogP contribution < -0.4 is 10.9 Å². The normalized spacial score (nSPS) is 11.4. The molecule has 29 heavy (non-hydrogen) atoms. The second-order valence-electron chi connectivity index (χ2n) is 7.04. The van der Waals surface area contributed by atoms with E-state index in [9.17, 15) is 14.4 Å². The molecule has 0 unspecified atom stereocenters. The Bertz CT molecular complexity index is 1130. The van der Waals surface area contributed by atoms with Crippen molar-refractivity contribution in [1.82, 2.24) is 19.8 Å². The summed E-state index contributed by atoms with van der Waals surface area (Å²) in [5.74, 6) is -0.810. The molecule has 1 aromatic carbocycles. The number of hydrogen-bond acceptors (Lipinski definition) is 9. The number of fused-ring (bicyclic) bond motifs is 1. The number of esters is 1. The molecule has 3 rings (SSSR count). The highest BCUT2D eigenvalue weighted by molar-refractivity contribution is 8.01. The third-order valence-electron chi connectivity index (χ3n) is 3.82. The van der Waals surface area contributed by atoms with Crippen LogP contribution in [0.15, 0.2) is 33.4 Å². The number of carbonyl (C=O) groups excluding carboxylic acids is 2. The van der Waals surface area contributed by atoms with Gasteiger partial charge in [-0.1, -0.05) is 56.0 Å². The molecular weight excluding hydrogens is 414 g/mol. The second kappa shape index (κ2) is 8.29. The summed E-state index contributed by atoms with van der Waals surface area (Å²) in [5, 5.41) is 15.0. The molecule has 0 fully saturated rings. The van der Waals surface area contributed by atoms with Gasteiger partial charge in [-0.15, -0.1) is 15.3 Å². The molecule has 0 saturated carbocycles. The molecule has 0 spiro atoms. The molecule has 1 N–H and O–H groups in total. The van der Waals surface area contributed by atoms with Crippen molar-refractivity contribution in [2.75, 3.05) is 18.2 Å². The summed E-state index contributed by atoms with van der Waals surface area (Å²) in [5.41, 5.74) is 0.196. The van der Waals surface area contributed by atoms with Gasteiger partial charge in [0, 0.05) is 5.41 Å². The lowest BCUT2D eigenvalue weighted by atomic mass is 9.93. The predicted molar refractivity (Wildman–Crippen MR) is 111 cm³/mol. The Balaban J connectivity index is 1.73. The van der Waals surface area contributed by atoms with Gasteiger partial charge in [0.15, 0.2) is 4.34 Å². The van der Waals surface area contributed by atoms with Crippen molar-refractivity contribution in [3.8, 4) is 0 Å². The fourth-order valence-electron chi connectivity index (χ4n) is 2.42. The zero-order valence-corrected chi connectivity index (χ0v) is 17.9. The van der Waals surface area contributed by atoms with Gasteiger partial charge in [0.2, 0.25) is 10.9 Å². The monoisotopic (exact) mass is 433 g/mol. The zero-order chi connectivity index (χ0) is 21.2. The van der Waals surface area contributed by atoms with Gasteiger partial charge in [0.25, 0.3) is 5.56 Å². The van der Waals surface area contributed by atoms with Crippen LogP contribution in [0.3, 0.4) is 0 Å². The summed E-state index contributed by atoms with van der Waals surface area (Å²) in [7, 11) is 1.28. The SMILES string of the molecule is COC(=O)c1ccccc1NC(=O)CSc1nn2c(=O)c(C(C)(C)C)nnc2s1. The molecule has 3 aromatic rings. The molecule has 152 valence electrons. The largest absolute Gasteiger partial charge is 0.465 e. The van der Waals surface area contributed by atoms with Crippen LogP contribution >= 0.6 is 23.1 Å². The van der Waals surface area contributed by atoms with Gasteiger partial charge in [0.1, 0.15) is 5.69 Å². The van der Waals surface area contributed by atoms with E-state index in [4.69, 9.17) is 4.74 Å². The van der Waals surface area contributed by atoms with Crippen molar-refractivity contribution in [2.24, 2.45) is 0 Å². The quantitative estimate of drug-likeness (QED) is 0.482. The summed E-state index contributed by atoms with van der Waals surface area (Å²) in [6.07, 6.45) is 0. The number of methoxy groups -OCH3 is 1. The average Bonchev–Trinajstić information content (AvgIpc) is 3.09. The first-order chi connectivity index (χ1) is 13.7. The summed E-state index contributed by atoms with van der Waals surface area (Å²) in [4.78, 5) is 37.0. The van der Waals surface area contributed by atoms with Crippen LogP contribution in [0.2, 0.25) is 0 Å². The van der Waals surface area contributed by atoms with Crippen molar-refractivity contribution in [3.63, 3.8) is 0 Å². The van der Waals surface area contributed by atoms with E-state index >= 15 is 0 Å². The van der Waals surface area contributed by atoms with Gasteiger partial charge in [-0.2, -0.15) is 4.52 Å². The van der Waals surface area contributed by atoms with E-state index in [1.54, 1.807) is 24.3 Å². The summed E-state index contributed by atoms with van der Waals surface area (Å²) >= 11 is 2.35. The van der Waals surface area contributed by atoms with Gasteiger partial charge in [-0.25, -0.2) is 4.79 Å². The lowest BCUT2D eigenvalue weighted by Gasteiger charge is -2.14. The number of nitrogens with zero attached hydrogens (tertiary/aromatic N) is 4. The summed E-state index contributed by atoms with van der Waals surface area (Å²) < 4.78 is 6.44. The first-order valence-electron chi connectivity index (χ1n) is 8.57. The number of rotatable bonds is 5. The Kier molecular flexibility index (Phi) is 5.99. The molecule has 9 nitrogen and oxygen atoms in total. The Morgan fingerprint density at radius 1 is 1.24 bits per heavy atom. The fourth-order valence-corrected chi connectivity index (χ4v) is 4.09. The number of anilines is 1. The van der Waals surface area contributed by atoms with Crippen molar-refractivity contribution < 1.29 is 14.3 Å². The molecular formula is C18H19N5O4S2. The van der Waals surface area contributed by atoms with Crippen LogP contribution in [-0.4, -0.2) is 44.6 Å². The zero-order valence-electron chi connectivity index (χ0n) is 16.3. The highest BCUT2D eigenvalue weighted by atomic mass is 32.2. The van der Waals surface area contributed by atoms with Crippen molar-refractivity contribution in [2.45, 2.75) is 30.5 Å². The standard InChI is InChI=1S/C18H19N5O4S2/c1-18(2,3)13-14(25)23-16(21-20-13)29-17(22-23)28-9-12(24)19-11-8-6-5-7-10(11)15(26)27-4/h5-8H,9H2,1-4H3,(H,19,24). The van der Waals surface area contributed by atoms with Crippen LogP contribution in [0.1, 0.15) is 36.8 Å². The minimum Gasteiger partial charge on any atom is -0.465 e. The number of aromatic nitrogens is 4. The molecule has 2 aromatic heterocycles. The Morgan fingerprint density at radius 2 is 1.97 bits per heavy atom. The van der Waals surface area contributed by atoms with E-state index in [0.29, 0.717) is 20.7 Å². The van der Waals surface area contributed by atoms with Crippen LogP contribution in [0.4, 0.5) is 5.69 Å². The number of hydrogen-bond donors (Lipinski definition) is 1. The summed E-state index contributed by atoms with van der Waals surface area (Å²) in [6, 6.07) is 6.58. The maximum absolute atomic E-state index is 12.6. The van der Waals surface area contributed by atoms with E-state index in [0.717, 1.165) is 0 Å². The van der Waals surface area contributed by atoms with Gasteiger partial charge in [-0.05, 0) is 12.1 Å². The van der Waals surface area contributed by atoms with E-state index in [2.05, 4.69) is 20.6 Å². The molecule has 0 aliphatic heterocycles. The van der Waals surface area contributed by atoms with Crippen molar-refractivity contribution in [3.05, 3.63) is 45.9 Å². The number of thioether (sulfide) groups is 1. The number of benzene rings is 1. The first kappa shape index (κ1) is 20.9. The Labute approximate surface area is 174 Å². The second-order valence-corrected chi connectivity index (χ2v) is 9.22. The van der Waals surface area contributed by atoms with Gasteiger partial charge in [0.05, 0.1) is 24.1 Å². The van der Waals surface area contributed by atoms with Gasteiger partial charge in [-0.3, -0.25) is 9.59 Å². The highest BCUT2D eigenvalue weighted by Crippen LogP contribution is 2.24. The smallest absolute Gasteiger partial charge is 0.339 e. The lowest BCUT2D eigenvalue weighted by molar-refractivity contribution is -0.113. The molecule has 1 amide bonds. The number of ether oxygens (including phenoxy) is 1. The van der Waals surface area contributed by atoms with Gasteiger partial charge < -0.3 is 10.1 Å². The predicted octanol–water partition coefficient (Wildman–Crippen LogP) is 2.36. The summed E-state index contributed by atoms with van der Waals surface area (Å²) in [6.45, 7) is 5.63. The third kappa shape index (κ3) is 4.62. The van der Waals surface area contributed by atoms with Crippen LogP contribution in [0.5, 0.6) is 0 Å². The number of amides is 1. The molecule has 0 bridgehead atoms.